The normalized spacial score (nSPS) is 17.0. The van der Waals surface area contributed by atoms with Gasteiger partial charge in [0.15, 0.2) is 0 Å². The van der Waals surface area contributed by atoms with Crippen LogP contribution in [0.2, 0.25) is 0 Å². The van der Waals surface area contributed by atoms with Crippen LogP contribution in [0.3, 0.4) is 0 Å². The second kappa shape index (κ2) is 6.60. The van der Waals surface area contributed by atoms with Gasteiger partial charge in [-0.3, -0.25) is 4.79 Å². The maximum absolute atomic E-state index is 12.3. The van der Waals surface area contributed by atoms with Crippen molar-refractivity contribution in [1.82, 2.24) is 0 Å². The molecule has 1 aromatic rings. The fraction of sp³-hybridized carbons (Fsp3) is 0.500. The highest BCUT2D eigenvalue weighted by Gasteiger charge is 2.48. The van der Waals surface area contributed by atoms with Crippen molar-refractivity contribution in [1.29, 1.82) is 0 Å². The Morgan fingerprint density at radius 2 is 1.83 bits per heavy atom. The molecule has 1 aliphatic heterocycles. The Hall–Kier alpha value is -1.81. The molecule has 1 aliphatic rings. The van der Waals surface area contributed by atoms with Crippen molar-refractivity contribution in [3.63, 3.8) is 0 Å². The standard InChI is InChI=1S/C14H15F3O6S/c1-2-22-12(18)7-13(8-21-9-13)10-3-5-11(6-4-10)23-24(19,20)14(15,16)17/h3-6H,2,7-9H2,1H3. The Morgan fingerprint density at radius 1 is 1.25 bits per heavy atom. The predicted molar refractivity (Wildman–Crippen MR) is 75.8 cm³/mol. The third-order valence-electron chi connectivity index (χ3n) is 3.50. The molecule has 0 saturated carbocycles. The molecular formula is C14H15F3O6S. The van der Waals surface area contributed by atoms with Gasteiger partial charge in [0.2, 0.25) is 0 Å². The molecule has 0 aliphatic carbocycles. The molecule has 0 unspecified atom stereocenters. The van der Waals surface area contributed by atoms with Gasteiger partial charge in [-0.15, -0.1) is 0 Å². The van der Waals surface area contributed by atoms with E-state index in [4.69, 9.17) is 9.47 Å². The summed E-state index contributed by atoms with van der Waals surface area (Å²) >= 11 is 0. The first kappa shape index (κ1) is 18.5. The number of ether oxygens (including phenoxy) is 2. The van der Waals surface area contributed by atoms with Gasteiger partial charge in [0.25, 0.3) is 0 Å². The lowest BCUT2D eigenvalue weighted by atomic mass is 9.76. The summed E-state index contributed by atoms with van der Waals surface area (Å²) in [7, 11) is -5.72. The van der Waals surface area contributed by atoms with Gasteiger partial charge in [0.05, 0.1) is 31.7 Å². The number of hydrogen-bond acceptors (Lipinski definition) is 6. The first-order chi connectivity index (χ1) is 11.1. The first-order valence-corrected chi connectivity index (χ1v) is 8.35. The van der Waals surface area contributed by atoms with Gasteiger partial charge in [-0.05, 0) is 24.6 Å². The van der Waals surface area contributed by atoms with Gasteiger partial charge >= 0.3 is 21.6 Å². The van der Waals surface area contributed by atoms with Crippen LogP contribution in [0.5, 0.6) is 5.75 Å². The molecule has 1 saturated heterocycles. The fourth-order valence-corrected chi connectivity index (χ4v) is 2.70. The van der Waals surface area contributed by atoms with Gasteiger partial charge in [0.1, 0.15) is 5.75 Å². The summed E-state index contributed by atoms with van der Waals surface area (Å²) in [6.45, 7) is 2.42. The van der Waals surface area contributed by atoms with Crippen LogP contribution >= 0.6 is 0 Å². The summed E-state index contributed by atoms with van der Waals surface area (Å²) in [5.41, 5.74) is -5.51. The summed E-state index contributed by atoms with van der Waals surface area (Å²) in [5, 5.41) is 0. The molecule has 0 amide bonds. The topological polar surface area (TPSA) is 78.9 Å². The second-order valence-electron chi connectivity index (χ2n) is 5.26. The van der Waals surface area contributed by atoms with Crippen molar-refractivity contribution in [2.75, 3.05) is 19.8 Å². The number of hydrogen-bond donors (Lipinski definition) is 0. The Labute approximate surface area is 136 Å². The molecular weight excluding hydrogens is 353 g/mol. The van der Waals surface area contributed by atoms with Crippen LogP contribution in [-0.2, 0) is 29.8 Å². The van der Waals surface area contributed by atoms with Crippen LogP contribution in [-0.4, -0.2) is 39.7 Å². The van der Waals surface area contributed by atoms with Crippen LogP contribution in [0.15, 0.2) is 24.3 Å². The van der Waals surface area contributed by atoms with E-state index >= 15 is 0 Å². The smallest absolute Gasteiger partial charge is 0.466 e. The van der Waals surface area contributed by atoms with E-state index in [0.717, 1.165) is 12.1 Å². The van der Waals surface area contributed by atoms with Gasteiger partial charge in [-0.25, -0.2) is 0 Å². The summed E-state index contributed by atoms with van der Waals surface area (Å²) in [6.07, 6.45) is 0.0574. The number of halogens is 3. The largest absolute Gasteiger partial charge is 0.534 e. The molecule has 1 fully saturated rings. The predicted octanol–water partition coefficient (Wildman–Crippen LogP) is 2.14. The number of benzene rings is 1. The van der Waals surface area contributed by atoms with E-state index in [9.17, 15) is 26.4 Å². The molecule has 0 radical (unpaired) electrons. The van der Waals surface area contributed by atoms with Crippen LogP contribution in [0.25, 0.3) is 0 Å². The Morgan fingerprint density at radius 3 is 2.25 bits per heavy atom. The molecule has 1 heterocycles. The quantitative estimate of drug-likeness (QED) is 0.435. The molecule has 0 spiro atoms. The minimum Gasteiger partial charge on any atom is -0.466 e. The van der Waals surface area contributed by atoms with E-state index in [1.54, 1.807) is 6.92 Å². The number of rotatable bonds is 6. The molecule has 1 aromatic carbocycles. The average Bonchev–Trinajstić information content (AvgIpc) is 2.42. The molecule has 0 atom stereocenters. The van der Waals surface area contributed by atoms with Crippen molar-refractivity contribution in [2.24, 2.45) is 0 Å². The zero-order valence-corrected chi connectivity index (χ0v) is 13.4. The summed E-state index contributed by atoms with van der Waals surface area (Å²) in [6, 6.07) is 5.01. The van der Waals surface area contributed by atoms with Crippen LogP contribution < -0.4 is 4.18 Å². The molecule has 0 N–H and O–H groups in total. The number of carbonyl (C=O) groups is 1. The van der Waals surface area contributed by atoms with E-state index in [2.05, 4.69) is 4.18 Å². The van der Waals surface area contributed by atoms with Gasteiger partial charge < -0.3 is 13.7 Å². The van der Waals surface area contributed by atoms with Crippen LogP contribution in [0, 0.1) is 0 Å². The number of carbonyl (C=O) groups excluding carboxylic acids is 1. The van der Waals surface area contributed by atoms with Crippen molar-refractivity contribution in [3.8, 4) is 5.75 Å². The van der Waals surface area contributed by atoms with Crippen molar-refractivity contribution in [3.05, 3.63) is 29.8 Å². The minimum atomic E-state index is -5.72. The monoisotopic (exact) mass is 368 g/mol. The number of alkyl halides is 3. The third-order valence-corrected chi connectivity index (χ3v) is 4.48. The maximum atomic E-state index is 12.3. The maximum Gasteiger partial charge on any atom is 0.534 e. The molecule has 10 heteroatoms. The lowest BCUT2D eigenvalue weighted by Crippen LogP contribution is -2.48. The van der Waals surface area contributed by atoms with Crippen molar-refractivity contribution < 1.29 is 40.0 Å². The molecule has 134 valence electrons. The van der Waals surface area contributed by atoms with Gasteiger partial charge in [-0.1, -0.05) is 12.1 Å². The molecule has 2 rings (SSSR count). The van der Waals surface area contributed by atoms with E-state index in [0.29, 0.717) is 5.56 Å². The molecule has 24 heavy (non-hydrogen) atoms. The lowest BCUT2D eigenvalue weighted by Gasteiger charge is -2.41. The van der Waals surface area contributed by atoms with Crippen molar-refractivity contribution in [2.45, 2.75) is 24.3 Å². The second-order valence-corrected chi connectivity index (χ2v) is 6.80. The van der Waals surface area contributed by atoms with E-state index in [-0.39, 0.29) is 26.2 Å². The van der Waals surface area contributed by atoms with E-state index in [1.807, 2.05) is 0 Å². The summed E-state index contributed by atoms with van der Waals surface area (Å²) in [4.78, 5) is 11.7. The highest BCUT2D eigenvalue weighted by molar-refractivity contribution is 7.88. The molecule has 6 nitrogen and oxygen atoms in total. The Kier molecular flexibility index (Phi) is 5.09. The third kappa shape index (κ3) is 3.81. The zero-order chi connectivity index (χ0) is 18.0. The number of esters is 1. The van der Waals surface area contributed by atoms with Crippen LogP contribution in [0.1, 0.15) is 18.9 Å². The molecule has 0 bridgehead atoms. The Balaban J connectivity index is 2.15. The minimum absolute atomic E-state index is 0.0574. The summed E-state index contributed by atoms with van der Waals surface area (Å²) in [5.74, 6) is -0.886. The zero-order valence-electron chi connectivity index (χ0n) is 12.6. The van der Waals surface area contributed by atoms with Gasteiger partial charge in [-0.2, -0.15) is 21.6 Å². The summed E-state index contributed by atoms with van der Waals surface area (Å²) < 4.78 is 72.9. The van der Waals surface area contributed by atoms with E-state index < -0.39 is 32.8 Å². The van der Waals surface area contributed by atoms with Gasteiger partial charge in [0, 0.05) is 0 Å². The Bertz CT molecular complexity index is 692. The highest BCUT2D eigenvalue weighted by Crippen LogP contribution is 2.37. The first-order valence-electron chi connectivity index (χ1n) is 6.94. The average molecular weight is 368 g/mol. The lowest BCUT2D eigenvalue weighted by molar-refractivity contribution is -0.151. The SMILES string of the molecule is CCOC(=O)CC1(c2ccc(OS(=O)(=O)C(F)(F)F)cc2)COC1. The fourth-order valence-electron chi connectivity index (χ4n) is 2.25. The molecule has 0 aromatic heterocycles. The highest BCUT2D eigenvalue weighted by atomic mass is 32.2. The van der Waals surface area contributed by atoms with E-state index in [1.165, 1.54) is 12.1 Å². The van der Waals surface area contributed by atoms with Crippen molar-refractivity contribution >= 4 is 16.1 Å². The van der Waals surface area contributed by atoms with Crippen LogP contribution in [0.4, 0.5) is 13.2 Å².